The van der Waals surface area contributed by atoms with Crippen LogP contribution in [0.4, 0.5) is 0 Å². The van der Waals surface area contributed by atoms with Crippen LogP contribution in [0.3, 0.4) is 0 Å². The molecule has 202 valence electrons. The maximum atomic E-state index is 12.9. The standard InChI is InChI=1S/C24H33N5O7S/c1-14-18(34-4)9-17(30)15-12-37-13-16(26-20(31)7-5-6-8-35-24(33)22(14)15)23-27-19(28-36-23)10-25-21(32)11-29(2)3/h9,16,30H,5-8,10-13H2,1-4H3,(H,25,32)(H,26,31)/t16-/m0/s1. The third-order valence-corrected chi connectivity index (χ3v) is 6.69. The van der Waals surface area contributed by atoms with Gasteiger partial charge in [0.25, 0.3) is 0 Å². The van der Waals surface area contributed by atoms with Crippen LogP contribution in [0.5, 0.6) is 11.5 Å². The Bertz CT molecular complexity index is 1120. The SMILES string of the molecule is COc1cc(O)c2c(c1C)C(=O)OCCCCC(=O)N[C@H](c1nc(CNC(=O)CN(C)C)no1)CSC2. The quantitative estimate of drug-likeness (QED) is 0.463. The summed E-state index contributed by atoms with van der Waals surface area (Å²) in [6, 6.07) is 0.871. The number of aromatic hydroxyl groups is 1. The number of methoxy groups -OCH3 is 1. The highest BCUT2D eigenvalue weighted by Gasteiger charge is 2.26. The zero-order valence-electron chi connectivity index (χ0n) is 21.5. The number of rotatable bonds is 6. The number of aromatic nitrogens is 2. The van der Waals surface area contributed by atoms with Crippen molar-refractivity contribution in [3.63, 3.8) is 0 Å². The maximum Gasteiger partial charge on any atom is 0.338 e. The average Bonchev–Trinajstić information content (AvgIpc) is 3.31. The van der Waals surface area contributed by atoms with E-state index in [1.807, 2.05) is 0 Å². The fraction of sp³-hybridized carbons (Fsp3) is 0.542. The molecule has 1 aliphatic heterocycles. The number of nitrogens with one attached hydrogen (secondary N) is 2. The highest BCUT2D eigenvalue weighted by Crippen LogP contribution is 2.36. The minimum Gasteiger partial charge on any atom is -0.507 e. The molecule has 0 saturated carbocycles. The van der Waals surface area contributed by atoms with E-state index in [4.69, 9.17) is 14.0 Å². The van der Waals surface area contributed by atoms with Crippen molar-refractivity contribution in [2.24, 2.45) is 0 Å². The summed E-state index contributed by atoms with van der Waals surface area (Å²) in [6.07, 6.45) is 1.26. The molecule has 0 radical (unpaired) electrons. The first-order valence-electron chi connectivity index (χ1n) is 11.9. The van der Waals surface area contributed by atoms with Crippen LogP contribution >= 0.6 is 11.8 Å². The van der Waals surface area contributed by atoms with Crippen molar-refractivity contribution in [3.8, 4) is 11.5 Å². The molecule has 1 aromatic carbocycles. The number of likely N-dealkylation sites (N-methyl/N-ethyl adjacent to an activating group) is 1. The number of phenolic OH excluding ortho intramolecular Hbond substituents is 1. The van der Waals surface area contributed by atoms with E-state index in [0.717, 1.165) is 0 Å². The number of cyclic esters (lactones) is 1. The molecule has 3 N–H and O–H groups in total. The minimum absolute atomic E-state index is 0.0804. The average molecular weight is 536 g/mol. The molecule has 2 aromatic rings. The van der Waals surface area contributed by atoms with Gasteiger partial charge in [0.15, 0.2) is 5.82 Å². The zero-order valence-corrected chi connectivity index (χ0v) is 22.3. The van der Waals surface area contributed by atoms with Gasteiger partial charge < -0.3 is 34.6 Å². The smallest absolute Gasteiger partial charge is 0.338 e. The van der Waals surface area contributed by atoms with E-state index in [2.05, 4.69) is 20.8 Å². The van der Waals surface area contributed by atoms with Crippen LogP contribution in [0.1, 0.15) is 58.5 Å². The molecule has 0 fully saturated rings. The van der Waals surface area contributed by atoms with E-state index < -0.39 is 12.0 Å². The number of benzene rings is 1. The fourth-order valence-corrected chi connectivity index (χ4v) is 4.85. The highest BCUT2D eigenvalue weighted by atomic mass is 32.2. The van der Waals surface area contributed by atoms with Crippen LogP contribution in [-0.4, -0.2) is 78.0 Å². The summed E-state index contributed by atoms with van der Waals surface area (Å²) >= 11 is 1.37. The zero-order chi connectivity index (χ0) is 26.9. The molecule has 2 amide bonds. The lowest BCUT2D eigenvalue weighted by Gasteiger charge is -2.19. The van der Waals surface area contributed by atoms with Crippen molar-refractivity contribution >= 4 is 29.5 Å². The van der Waals surface area contributed by atoms with Crippen LogP contribution in [0.25, 0.3) is 0 Å². The summed E-state index contributed by atoms with van der Waals surface area (Å²) in [5.41, 5.74) is 1.27. The van der Waals surface area contributed by atoms with Gasteiger partial charge in [-0.25, -0.2) is 4.79 Å². The molecule has 1 aromatic heterocycles. The van der Waals surface area contributed by atoms with Gasteiger partial charge in [-0.2, -0.15) is 16.7 Å². The van der Waals surface area contributed by atoms with Gasteiger partial charge in [0.05, 0.1) is 32.4 Å². The van der Waals surface area contributed by atoms with Gasteiger partial charge >= 0.3 is 5.97 Å². The molecule has 0 unspecified atom stereocenters. The van der Waals surface area contributed by atoms with Gasteiger partial charge in [0, 0.05) is 35.1 Å². The van der Waals surface area contributed by atoms with E-state index in [1.54, 1.807) is 25.9 Å². The molecular weight excluding hydrogens is 502 g/mol. The minimum atomic E-state index is -0.601. The lowest BCUT2D eigenvalue weighted by molar-refractivity contribution is -0.122. The van der Waals surface area contributed by atoms with Gasteiger partial charge in [-0.05, 0) is 33.9 Å². The second kappa shape index (κ2) is 13.3. The van der Waals surface area contributed by atoms with Crippen molar-refractivity contribution in [1.82, 2.24) is 25.7 Å². The van der Waals surface area contributed by atoms with E-state index in [9.17, 15) is 19.5 Å². The predicted molar refractivity (Wildman–Crippen MR) is 135 cm³/mol. The maximum absolute atomic E-state index is 12.9. The molecule has 12 nitrogen and oxygen atoms in total. The van der Waals surface area contributed by atoms with E-state index in [1.165, 1.54) is 24.9 Å². The summed E-state index contributed by atoms with van der Waals surface area (Å²) in [7, 11) is 5.05. The molecule has 0 bridgehead atoms. The van der Waals surface area contributed by atoms with Crippen molar-refractivity contribution in [3.05, 3.63) is 34.5 Å². The Balaban J connectivity index is 1.80. The fourth-order valence-electron chi connectivity index (χ4n) is 3.78. The van der Waals surface area contributed by atoms with Crippen LogP contribution in [-0.2, 0) is 26.6 Å². The van der Waals surface area contributed by atoms with Crippen molar-refractivity contribution in [1.29, 1.82) is 0 Å². The molecule has 3 rings (SSSR count). The molecule has 0 aliphatic carbocycles. The van der Waals surface area contributed by atoms with Gasteiger partial charge in [-0.1, -0.05) is 5.16 Å². The van der Waals surface area contributed by atoms with E-state index in [-0.39, 0.29) is 66.7 Å². The topological polar surface area (TPSA) is 156 Å². The molecule has 0 spiro atoms. The van der Waals surface area contributed by atoms with Crippen LogP contribution in [0.15, 0.2) is 10.6 Å². The third-order valence-electron chi connectivity index (χ3n) is 5.63. The van der Waals surface area contributed by atoms with Gasteiger partial charge in [0.2, 0.25) is 17.7 Å². The number of fused-ring (bicyclic) bond motifs is 1. The second-order valence-electron chi connectivity index (χ2n) is 8.87. The number of phenols is 1. The lowest BCUT2D eigenvalue weighted by Crippen LogP contribution is -2.33. The van der Waals surface area contributed by atoms with Crippen molar-refractivity contribution < 1.29 is 33.5 Å². The first kappa shape index (κ1) is 28.3. The first-order valence-corrected chi connectivity index (χ1v) is 13.0. The van der Waals surface area contributed by atoms with Crippen LogP contribution < -0.4 is 15.4 Å². The number of thioether (sulfide) groups is 1. The van der Waals surface area contributed by atoms with Gasteiger partial charge in [-0.3, -0.25) is 9.59 Å². The Labute approximate surface area is 219 Å². The number of ether oxygens (including phenoxy) is 2. The molecule has 2 heterocycles. The Kier molecular flexibility index (Phi) is 10.1. The molecule has 0 saturated heterocycles. The summed E-state index contributed by atoms with van der Waals surface area (Å²) < 4.78 is 16.1. The Morgan fingerprint density at radius 1 is 1.35 bits per heavy atom. The monoisotopic (exact) mass is 535 g/mol. The summed E-state index contributed by atoms with van der Waals surface area (Å²) in [5.74, 6) is 0.476. The molecule has 13 heteroatoms. The van der Waals surface area contributed by atoms with Crippen molar-refractivity contribution in [2.45, 2.75) is 44.5 Å². The normalized spacial score (nSPS) is 17.4. The summed E-state index contributed by atoms with van der Waals surface area (Å²) in [6.45, 7) is 2.21. The van der Waals surface area contributed by atoms with Crippen LogP contribution in [0.2, 0.25) is 0 Å². The van der Waals surface area contributed by atoms with Gasteiger partial charge in [-0.15, -0.1) is 0 Å². The summed E-state index contributed by atoms with van der Waals surface area (Å²) in [5, 5.41) is 20.2. The van der Waals surface area contributed by atoms with E-state index >= 15 is 0 Å². The molecule has 1 aliphatic rings. The third kappa shape index (κ3) is 7.83. The Morgan fingerprint density at radius 2 is 2.14 bits per heavy atom. The molecule has 37 heavy (non-hydrogen) atoms. The Morgan fingerprint density at radius 3 is 2.86 bits per heavy atom. The first-order chi connectivity index (χ1) is 17.7. The lowest BCUT2D eigenvalue weighted by atomic mass is 10.0. The number of carbonyl (C=O) groups excluding carboxylic acids is 3. The largest absolute Gasteiger partial charge is 0.507 e. The van der Waals surface area contributed by atoms with E-state index in [0.29, 0.717) is 35.5 Å². The number of carbonyl (C=O) groups is 3. The molecular formula is C24H33N5O7S. The van der Waals surface area contributed by atoms with Crippen LogP contribution in [0, 0.1) is 6.92 Å². The van der Waals surface area contributed by atoms with Gasteiger partial charge in [0.1, 0.15) is 17.5 Å². The number of amides is 2. The number of nitrogens with zero attached hydrogens (tertiary/aromatic N) is 3. The Hall–Kier alpha value is -3.32. The molecule has 1 atom stereocenters. The number of hydrogen-bond acceptors (Lipinski definition) is 11. The summed E-state index contributed by atoms with van der Waals surface area (Å²) in [4.78, 5) is 43.5. The highest BCUT2D eigenvalue weighted by molar-refractivity contribution is 7.98. The number of hydrogen-bond donors (Lipinski definition) is 3. The predicted octanol–water partition coefficient (Wildman–Crippen LogP) is 1.70. The van der Waals surface area contributed by atoms with Crippen molar-refractivity contribution in [2.75, 3.05) is 40.1 Å². The second-order valence-corrected chi connectivity index (χ2v) is 9.90. The number of esters is 1.